The Hall–Kier alpha value is -4.21. The largest absolute Gasteiger partial charge is 0.497 e. The fourth-order valence-corrected chi connectivity index (χ4v) is 5.09. The molecule has 0 aliphatic heterocycles. The smallest absolute Gasteiger partial charge is 0.253 e. The number of thiazole rings is 1. The van der Waals surface area contributed by atoms with Gasteiger partial charge in [0.1, 0.15) is 10.8 Å². The monoisotopic (exact) mass is 558 g/mol. The van der Waals surface area contributed by atoms with E-state index in [0.717, 1.165) is 22.0 Å². The second-order valence-electron chi connectivity index (χ2n) is 9.57. The summed E-state index contributed by atoms with van der Waals surface area (Å²) in [6.07, 6.45) is -0.463. The highest BCUT2D eigenvalue weighted by Crippen LogP contribution is 2.18. The highest BCUT2D eigenvalue weighted by molar-refractivity contribution is 7.09. The zero-order valence-corrected chi connectivity index (χ0v) is 23.7. The Bertz CT molecular complexity index is 1430. The molecule has 9 heteroatoms. The summed E-state index contributed by atoms with van der Waals surface area (Å²) in [5.41, 5.74) is 3.45. The van der Waals surface area contributed by atoms with Crippen LogP contribution in [0.15, 0.2) is 84.2 Å². The lowest BCUT2D eigenvalue weighted by Gasteiger charge is -2.25. The number of aliphatic hydroxyl groups excluding tert-OH is 1. The number of hydrogen-bond acceptors (Lipinski definition) is 7. The van der Waals surface area contributed by atoms with Gasteiger partial charge in [-0.3, -0.25) is 9.59 Å². The van der Waals surface area contributed by atoms with Crippen LogP contribution in [0.5, 0.6) is 5.75 Å². The third-order valence-corrected chi connectivity index (χ3v) is 7.37. The normalized spacial score (nSPS) is 12.3. The lowest BCUT2D eigenvalue weighted by Crippen LogP contribution is -2.47. The maximum Gasteiger partial charge on any atom is 0.253 e. The van der Waals surface area contributed by atoms with Crippen LogP contribution in [0, 0.1) is 6.92 Å². The van der Waals surface area contributed by atoms with Crippen LogP contribution in [0.2, 0.25) is 0 Å². The molecule has 0 unspecified atom stereocenters. The number of anilines is 1. The van der Waals surface area contributed by atoms with E-state index in [9.17, 15) is 14.7 Å². The van der Waals surface area contributed by atoms with Crippen molar-refractivity contribution >= 4 is 28.8 Å². The quantitative estimate of drug-likeness (QED) is 0.236. The van der Waals surface area contributed by atoms with Gasteiger partial charge in [0, 0.05) is 47.5 Å². The number of nitrogens with zero attached hydrogens (tertiary/aromatic N) is 2. The van der Waals surface area contributed by atoms with Crippen LogP contribution >= 0.6 is 11.3 Å². The fraction of sp³-hybridized carbons (Fsp3) is 0.258. The molecular formula is C31H34N4O4S. The molecule has 1 aromatic heterocycles. The lowest BCUT2D eigenvalue weighted by molar-refractivity contribution is 0.0785. The molecule has 0 spiro atoms. The van der Waals surface area contributed by atoms with Crippen LogP contribution in [0.1, 0.15) is 37.0 Å². The second kappa shape index (κ2) is 13.7. The number of aromatic nitrogens is 1. The number of carbonyl (C=O) groups excluding carboxylic acids is 2. The molecule has 0 bridgehead atoms. The fourth-order valence-electron chi connectivity index (χ4n) is 4.26. The van der Waals surface area contributed by atoms with E-state index in [2.05, 4.69) is 15.6 Å². The standard InChI is InChI=1S/C31H34N4O4S/c1-21-20-40-29(33-21)19-35(2)31(38)24-12-7-11-23(16-24)30(37)34-27(15-22-9-5-4-6-10-22)28(36)18-32-25-13-8-14-26(17-25)39-3/h4-14,16-17,20,27-28,32,36H,15,18-19H2,1-3H3,(H,34,37)/t27-,28+/m0/s1. The first-order valence-corrected chi connectivity index (χ1v) is 13.9. The van der Waals surface area contributed by atoms with Gasteiger partial charge in [-0.2, -0.15) is 0 Å². The van der Waals surface area contributed by atoms with Crippen molar-refractivity contribution in [3.63, 3.8) is 0 Å². The van der Waals surface area contributed by atoms with Crippen LogP contribution in [-0.4, -0.2) is 59.7 Å². The van der Waals surface area contributed by atoms with Gasteiger partial charge in [-0.1, -0.05) is 42.5 Å². The van der Waals surface area contributed by atoms with Crippen molar-refractivity contribution in [3.8, 4) is 5.75 Å². The molecule has 40 heavy (non-hydrogen) atoms. The summed E-state index contributed by atoms with van der Waals surface area (Å²) in [5, 5.41) is 20.1. The minimum Gasteiger partial charge on any atom is -0.497 e. The molecule has 8 nitrogen and oxygen atoms in total. The summed E-state index contributed by atoms with van der Waals surface area (Å²) >= 11 is 1.51. The van der Waals surface area contributed by atoms with Crippen LogP contribution in [-0.2, 0) is 13.0 Å². The molecule has 0 radical (unpaired) electrons. The van der Waals surface area contributed by atoms with Gasteiger partial charge in [0.05, 0.1) is 25.8 Å². The topological polar surface area (TPSA) is 104 Å². The summed E-state index contributed by atoms with van der Waals surface area (Å²) in [5.74, 6) is 0.135. The molecule has 3 N–H and O–H groups in total. The number of nitrogens with one attached hydrogen (secondary N) is 2. The molecule has 0 aliphatic rings. The van der Waals surface area contributed by atoms with Gasteiger partial charge in [-0.15, -0.1) is 11.3 Å². The van der Waals surface area contributed by atoms with E-state index in [0.29, 0.717) is 29.8 Å². The minimum absolute atomic E-state index is 0.203. The van der Waals surface area contributed by atoms with Crippen molar-refractivity contribution in [2.24, 2.45) is 0 Å². The number of benzene rings is 3. The van der Waals surface area contributed by atoms with Crippen molar-refractivity contribution in [1.82, 2.24) is 15.2 Å². The summed E-state index contributed by atoms with van der Waals surface area (Å²) in [6.45, 7) is 2.52. The van der Waals surface area contributed by atoms with Crippen LogP contribution in [0.4, 0.5) is 5.69 Å². The number of hydrogen-bond donors (Lipinski definition) is 3. The molecule has 2 atom stereocenters. The first kappa shape index (κ1) is 28.8. The zero-order valence-electron chi connectivity index (χ0n) is 22.8. The number of amides is 2. The van der Waals surface area contributed by atoms with Crippen molar-refractivity contribution in [1.29, 1.82) is 0 Å². The van der Waals surface area contributed by atoms with Crippen molar-refractivity contribution in [3.05, 3.63) is 112 Å². The second-order valence-corrected chi connectivity index (χ2v) is 10.5. The van der Waals surface area contributed by atoms with E-state index in [4.69, 9.17) is 4.74 Å². The number of carbonyl (C=O) groups is 2. The van der Waals surface area contributed by atoms with E-state index >= 15 is 0 Å². The molecule has 0 saturated heterocycles. The molecular weight excluding hydrogens is 524 g/mol. The molecule has 4 aromatic rings. The van der Waals surface area contributed by atoms with E-state index in [1.165, 1.54) is 11.3 Å². The van der Waals surface area contributed by atoms with Gasteiger partial charge in [-0.25, -0.2) is 4.98 Å². The third-order valence-electron chi connectivity index (χ3n) is 6.42. The van der Waals surface area contributed by atoms with Gasteiger partial charge in [0.25, 0.3) is 11.8 Å². The van der Waals surface area contributed by atoms with Gasteiger partial charge in [0.2, 0.25) is 0 Å². The average Bonchev–Trinajstić information content (AvgIpc) is 3.39. The van der Waals surface area contributed by atoms with Crippen LogP contribution in [0.3, 0.4) is 0 Å². The predicted molar refractivity (Wildman–Crippen MR) is 158 cm³/mol. The first-order chi connectivity index (χ1) is 19.3. The van der Waals surface area contributed by atoms with Crippen LogP contribution in [0.25, 0.3) is 0 Å². The maximum absolute atomic E-state index is 13.4. The zero-order chi connectivity index (χ0) is 28.5. The Balaban J connectivity index is 1.46. The van der Waals surface area contributed by atoms with Gasteiger partial charge in [0.15, 0.2) is 0 Å². The van der Waals surface area contributed by atoms with Gasteiger partial charge < -0.3 is 25.4 Å². The van der Waals surface area contributed by atoms with E-state index in [1.54, 1.807) is 43.3 Å². The molecule has 1 heterocycles. The molecule has 0 fully saturated rings. The summed E-state index contributed by atoms with van der Waals surface area (Å²) in [7, 11) is 3.31. The van der Waals surface area contributed by atoms with Crippen LogP contribution < -0.4 is 15.4 Å². The third kappa shape index (κ3) is 7.91. The lowest BCUT2D eigenvalue weighted by atomic mass is 10.00. The summed E-state index contributed by atoms with van der Waals surface area (Å²) in [4.78, 5) is 32.4. The van der Waals surface area contributed by atoms with Crippen molar-refractivity contribution in [2.45, 2.75) is 32.0 Å². The summed E-state index contributed by atoms with van der Waals surface area (Å²) in [6, 6.07) is 23.2. The molecule has 4 rings (SSSR count). The Morgan fingerprint density at radius 3 is 2.50 bits per heavy atom. The Morgan fingerprint density at radius 1 is 1.02 bits per heavy atom. The molecule has 2 amide bonds. The maximum atomic E-state index is 13.4. The number of methoxy groups -OCH3 is 1. The Morgan fingerprint density at radius 2 is 1.77 bits per heavy atom. The number of ether oxygens (including phenoxy) is 1. The number of aryl methyl sites for hydroxylation is 1. The predicted octanol–water partition coefficient (Wildman–Crippen LogP) is 4.55. The van der Waals surface area contributed by atoms with E-state index in [-0.39, 0.29) is 18.4 Å². The number of aliphatic hydroxyl groups is 1. The average molecular weight is 559 g/mol. The molecule has 0 aliphatic carbocycles. The molecule has 0 saturated carbocycles. The van der Waals surface area contributed by atoms with E-state index < -0.39 is 12.1 Å². The van der Waals surface area contributed by atoms with Gasteiger partial charge in [-0.05, 0) is 49.2 Å². The Labute approximate surface area is 238 Å². The summed E-state index contributed by atoms with van der Waals surface area (Å²) < 4.78 is 5.27. The van der Waals surface area contributed by atoms with Crippen molar-refractivity contribution < 1.29 is 19.4 Å². The number of rotatable bonds is 12. The van der Waals surface area contributed by atoms with Crippen molar-refractivity contribution in [2.75, 3.05) is 26.0 Å². The highest BCUT2D eigenvalue weighted by atomic mass is 32.1. The minimum atomic E-state index is -0.895. The molecule has 3 aromatic carbocycles. The van der Waals surface area contributed by atoms with E-state index in [1.807, 2.05) is 66.9 Å². The Kier molecular flexibility index (Phi) is 9.88. The SMILES string of the molecule is COc1cccc(NC[C@@H](O)[C@H](Cc2ccccc2)NC(=O)c2cccc(C(=O)N(C)Cc3nc(C)cs3)c2)c1. The first-order valence-electron chi connectivity index (χ1n) is 13.0. The van der Waals surface area contributed by atoms with Gasteiger partial charge >= 0.3 is 0 Å². The molecule has 208 valence electrons. The highest BCUT2D eigenvalue weighted by Gasteiger charge is 2.23.